The Kier molecular flexibility index (Phi) is 6.05. The number of alkyl halides is 3. The summed E-state index contributed by atoms with van der Waals surface area (Å²) in [4.78, 5) is 25.7. The first-order valence-corrected chi connectivity index (χ1v) is 12.5. The standard InChI is InChI=1S/C27H20ClF3N4O6/c1-26(23(36)32-24(37)40-26)17-9-13(3-7-18(17)28)12-34-20-10-14(27(29,30)31)4-8-19(20)35(25(34)38)22-16-6-5-15(39-2)11-21(16)41-33-22/h3-11,23,36H,12H2,1-2H3,(H,32,37)/t23?,26-/m1/s1. The maximum Gasteiger partial charge on any atom is 0.416 e. The molecule has 0 radical (unpaired) electrons. The molecule has 6 rings (SSSR count). The Labute approximate surface area is 233 Å². The molecule has 0 bridgehead atoms. The summed E-state index contributed by atoms with van der Waals surface area (Å²) in [5, 5.41) is 17.3. The number of fused-ring (bicyclic) bond motifs is 2. The van der Waals surface area contributed by atoms with Crippen molar-refractivity contribution in [1.82, 2.24) is 19.6 Å². The van der Waals surface area contributed by atoms with Crippen molar-refractivity contribution in [3.05, 3.63) is 86.8 Å². The van der Waals surface area contributed by atoms with E-state index in [0.717, 1.165) is 12.1 Å². The molecule has 2 aromatic heterocycles. The van der Waals surface area contributed by atoms with Crippen LogP contribution >= 0.6 is 11.6 Å². The van der Waals surface area contributed by atoms with Gasteiger partial charge in [0.1, 0.15) is 5.75 Å². The number of nitrogens with zero attached hydrogens (tertiary/aromatic N) is 3. The summed E-state index contributed by atoms with van der Waals surface area (Å²) < 4.78 is 59.3. The number of aromatic nitrogens is 3. The van der Waals surface area contributed by atoms with Gasteiger partial charge in [0.2, 0.25) is 0 Å². The first-order chi connectivity index (χ1) is 19.4. The predicted molar refractivity (Wildman–Crippen MR) is 140 cm³/mol. The van der Waals surface area contributed by atoms with Crippen molar-refractivity contribution in [2.45, 2.75) is 31.5 Å². The van der Waals surface area contributed by atoms with E-state index in [2.05, 4.69) is 10.5 Å². The minimum absolute atomic E-state index is 0.00815. The summed E-state index contributed by atoms with van der Waals surface area (Å²) in [5.74, 6) is 0.581. The summed E-state index contributed by atoms with van der Waals surface area (Å²) in [6.45, 7) is 1.27. The molecule has 0 saturated carbocycles. The Hall–Kier alpha value is -4.49. The molecular formula is C27H20ClF3N4O6. The topological polar surface area (TPSA) is 121 Å². The normalized spacial score (nSPS) is 19.1. The molecule has 1 unspecified atom stereocenters. The number of halogens is 4. The molecule has 3 aromatic carbocycles. The van der Waals surface area contributed by atoms with Crippen molar-refractivity contribution in [3.8, 4) is 11.6 Å². The smallest absolute Gasteiger partial charge is 0.416 e. The number of aliphatic hydroxyl groups is 1. The third-order valence-electron chi connectivity index (χ3n) is 7.12. The third kappa shape index (κ3) is 4.28. The van der Waals surface area contributed by atoms with Crippen LogP contribution in [0.3, 0.4) is 0 Å². The zero-order chi connectivity index (χ0) is 29.3. The number of imidazole rings is 1. The largest absolute Gasteiger partial charge is 0.497 e. The van der Waals surface area contributed by atoms with E-state index in [0.29, 0.717) is 22.3 Å². The summed E-state index contributed by atoms with van der Waals surface area (Å²) in [7, 11) is 1.48. The van der Waals surface area contributed by atoms with E-state index in [1.807, 2.05) is 0 Å². The van der Waals surface area contributed by atoms with Gasteiger partial charge in [-0.3, -0.25) is 9.88 Å². The van der Waals surface area contributed by atoms with Crippen LogP contribution < -0.4 is 15.7 Å². The zero-order valence-electron chi connectivity index (χ0n) is 21.3. The van der Waals surface area contributed by atoms with Crippen molar-refractivity contribution in [1.29, 1.82) is 0 Å². The van der Waals surface area contributed by atoms with Crippen molar-refractivity contribution in [2.24, 2.45) is 0 Å². The van der Waals surface area contributed by atoms with Crippen LogP contribution in [0.1, 0.15) is 23.6 Å². The van der Waals surface area contributed by atoms with Gasteiger partial charge in [-0.1, -0.05) is 22.8 Å². The summed E-state index contributed by atoms with van der Waals surface area (Å²) in [6.07, 6.45) is -6.93. The van der Waals surface area contributed by atoms with Crippen molar-refractivity contribution in [3.63, 3.8) is 0 Å². The third-order valence-corrected chi connectivity index (χ3v) is 7.45. The molecule has 1 aliphatic rings. The number of carbonyl (C=O) groups is 1. The average molecular weight is 589 g/mol. The van der Waals surface area contributed by atoms with Gasteiger partial charge in [0, 0.05) is 16.7 Å². The number of rotatable bonds is 5. The molecule has 0 aliphatic carbocycles. The van der Waals surface area contributed by atoms with Crippen molar-refractivity contribution >= 4 is 39.7 Å². The molecule has 14 heteroatoms. The summed E-state index contributed by atoms with van der Waals surface area (Å²) >= 11 is 6.37. The first-order valence-electron chi connectivity index (χ1n) is 12.1. The van der Waals surface area contributed by atoms with Crippen LogP contribution in [0.5, 0.6) is 5.75 Å². The van der Waals surface area contributed by atoms with Gasteiger partial charge in [-0.05, 0) is 55.0 Å². The van der Waals surface area contributed by atoms with Crippen LogP contribution in [0.4, 0.5) is 18.0 Å². The Morgan fingerprint density at radius 2 is 1.90 bits per heavy atom. The van der Waals surface area contributed by atoms with E-state index >= 15 is 0 Å². The Balaban J connectivity index is 1.53. The van der Waals surface area contributed by atoms with Crippen LogP contribution in [-0.2, 0) is 23.1 Å². The number of cyclic esters (lactones) is 1. The molecule has 5 aromatic rings. The van der Waals surface area contributed by atoms with E-state index in [-0.39, 0.29) is 34.0 Å². The molecule has 212 valence electrons. The maximum atomic E-state index is 13.9. The van der Waals surface area contributed by atoms with Gasteiger partial charge in [-0.15, -0.1) is 0 Å². The number of hydrogen-bond donors (Lipinski definition) is 2. The van der Waals surface area contributed by atoms with Gasteiger partial charge in [-0.2, -0.15) is 13.2 Å². The maximum absolute atomic E-state index is 13.9. The fourth-order valence-electron chi connectivity index (χ4n) is 4.95. The van der Waals surface area contributed by atoms with Gasteiger partial charge in [0.05, 0.1) is 35.6 Å². The molecule has 2 N–H and O–H groups in total. The highest BCUT2D eigenvalue weighted by atomic mass is 35.5. The second-order valence-electron chi connectivity index (χ2n) is 9.63. The molecule has 1 aliphatic heterocycles. The van der Waals surface area contributed by atoms with Crippen LogP contribution in [0, 0.1) is 0 Å². The van der Waals surface area contributed by atoms with Gasteiger partial charge < -0.3 is 19.1 Å². The summed E-state index contributed by atoms with van der Waals surface area (Å²) in [6, 6.07) is 12.4. The van der Waals surface area contributed by atoms with Gasteiger partial charge in [0.15, 0.2) is 23.2 Å². The lowest BCUT2D eigenvalue weighted by molar-refractivity contribution is -0.137. The Morgan fingerprint density at radius 1 is 1.12 bits per heavy atom. The first kappa shape index (κ1) is 26.7. The fraction of sp³-hybridized carbons (Fsp3) is 0.222. The molecule has 2 atom stereocenters. The molecule has 1 amide bonds. The quantitative estimate of drug-likeness (QED) is 0.298. The van der Waals surface area contributed by atoms with Crippen LogP contribution in [0.25, 0.3) is 27.8 Å². The Bertz CT molecular complexity index is 1910. The molecular weight excluding hydrogens is 569 g/mol. The molecule has 0 spiro atoms. The van der Waals surface area contributed by atoms with E-state index < -0.39 is 35.4 Å². The SMILES string of the molecule is COc1ccc2c(-n3c(=O)n(Cc4ccc(Cl)c([C@@]5(C)OC(=O)NC5O)c4)c4cc(C(F)(F)F)ccc43)noc2c1. The number of nitrogens with one attached hydrogen (secondary N) is 1. The monoisotopic (exact) mass is 588 g/mol. The average Bonchev–Trinajstić information content (AvgIpc) is 3.54. The van der Waals surface area contributed by atoms with Crippen molar-refractivity contribution < 1.29 is 37.1 Å². The molecule has 10 nitrogen and oxygen atoms in total. The lowest BCUT2D eigenvalue weighted by Gasteiger charge is -2.26. The van der Waals surface area contributed by atoms with Gasteiger partial charge >= 0.3 is 18.0 Å². The number of hydrogen-bond acceptors (Lipinski definition) is 7. The lowest BCUT2D eigenvalue weighted by atomic mass is 9.93. The zero-order valence-corrected chi connectivity index (χ0v) is 22.1. The lowest BCUT2D eigenvalue weighted by Crippen LogP contribution is -2.38. The number of aliphatic hydroxyl groups excluding tert-OH is 1. The predicted octanol–water partition coefficient (Wildman–Crippen LogP) is 4.94. The highest BCUT2D eigenvalue weighted by molar-refractivity contribution is 6.31. The number of benzene rings is 3. The Morgan fingerprint density at radius 3 is 2.59 bits per heavy atom. The molecule has 1 saturated heterocycles. The second-order valence-corrected chi connectivity index (χ2v) is 10.0. The van der Waals surface area contributed by atoms with Gasteiger partial charge in [-0.25, -0.2) is 14.2 Å². The molecule has 1 fully saturated rings. The van der Waals surface area contributed by atoms with E-state index in [4.69, 9.17) is 25.6 Å². The van der Waals surface area contributed by atoms with Crippen LogP contribution in [-0.4, -0.2) is 38.8 Å². The second kappa shape index (κ2) is 9.28. The number of alkyl carbamates (subject to hydrolysis) is 1. The summed E-state index contributed by atoms with van der Waals surface area (Å²) in [5.41, 5.74) is -2.02. The number of amides is 1. The van der Waals surface area contributed by atoms with Crippen LogP contribution in [0.15, 0.2) is 63.9 Å². The highest BCUT2D eigenvalue weighted by Gasteiger charge is 2.47. The fourth-order valence-corrected chi connectivity index (χ4v) is 5.25. The number of methoxy groups -OCH3 is 1. The number of ether oxygens (including phenoxy) is 2. The van der Waals surface area contributed by atoms with Gasteiger partial charge in [0.25, 0.3) is 0 Å². The minimum Gasteiger partial charge on any atom is -0.497 e. The minimum atomic E-state index is -4.66. The highest BCUT2D eigenvalue weighted by Crippen LogP contribution is 2.38. The van der Waals surface area contributed by atoms with E-state index in [9.17, 15) is 27.9 Å². The van der Waals surface area contributed by atoms with Crippen LogP contribution in [0.2, 0.25) is 5.02 Å². The van der Waals surface area contributed by atoms with E-state index in [1.165, 1.54) is 41.4 Å². The molecule has 41 heavy (non-hydrogen) atoms. The van der Waals surface area contributed by atoms with Crippen molar-refractivity contribution in [2.75, 3.05) is 7.11 Å². The number of carbonyl (C=O) groups excluding carboxylic acids is 1. The molecule has 3 heterocycles. The van der Waals surface area contributed by atoms with E-state index in [1.54, 1.807) is 24.3 Å².